The molecule has 1 heterocycles. The van der Waals surface area contributed by atoms with Gasteiger partial charge in [-0.05, 0) is 67.5 Å². The van der Waals surface area contributed by atoms with Crippen molar-refractivity contribution in [2.75, 3.05) is 34.3 Å². The smallest absolute Gasteiger partial charge is 0.251 e. The highest BCUT2D eigenvalue weighted by atomic mass is 16.5. The molecule has 0 bridgehead atoms. The Morgan fingerprint density at radius 2 is 1.73 bits per heavy atom. The maximum atomic E-state index is 13.1. The standard InChI is InChI=1S/C30H32N4O3/c1-34(2)14-4-13-31-30(36)26-17-25-22(15-23(26)18-37-3)16-27-28(32-33-29(25)27)21-7-5-19(6-8-21)20-9-11-24(35)12-10-20/h5-12,15,17,35H,4,13-14,16,18H2,1-3H3,(H,31,36)(H,32,33). The SMILES string of the molecule is COCc1cc2c(cc1C(=O)NCCCN(C)C)-c1[nH]nc(-c3ccc(-c4ccc(O)cc4)cc3)c1C2. The zero-order chi connectivity index (χ0) is 25.9. The van der Waals surface area contributed by atoms with Crippen molar-refractivity contribution in [3.8, 4) is 39.4 Å². The lowest BCUT2D eigenvalue weighted by Gasteiger charge is -2.14. The summed E-state index contributed by atoms with van der Waals surface area (Å²) in [5.74, 6) is 0.178. The molecule has 0 fully saturated rings. The number of phenols is 1. The number of ether oxygens (including phenoxy) is 1. The molecule has 3 N–H and O–H groups in total. The number of aromatic amines is 1. The van der Waals surface area contributed by atoms with E-state index in [0.717, 1.165) is 64.2 Å². The molecule has 7 nitrogen and oxygen atoms in total. The Hall–Kier alpha value is -3.94. The summed E-state index contributed by atoms with van der Waals surface area (Å²) < 4.78 is 5.42. The van der Waals surface area contributed by atoms with Crippen molar-refractivity contribution in [1.29, 1.82) is 0 Å². The van der Waals surface area contributed by atoms with Gasteiger partial charge in [0, 0.05) is 42.3 Å². The molecule has 190 valence electrons. The van der Waals surface area contributed by atoms with Crippen LogP contribution in [0.15, 0.2) is 60.7 Å². The Bertz CT molecular complexity index is 1410. The zero-order valence-corrected chi connectivity index (χ0v) is 21.5. The van der Waals surface area contributed by atoms with Gasteiger partial charge in [0.25, 0.3) is 5.91 Å². The van der Waals surface area contributed by atoms with Crippen molar-refractivity contribution in [2.24, 2.45) is 0 Å². The minimum Gasteiger partial charge on any atom is -0.508 e. The van der Waals surface area contributed by atoms with Crippen LogP contribution < -0.4 is 5.32 Å². The maximum absolute atomic E-state index is 13.1. The lowest BCUT2D eigenvalue weighted by molar-refractivity contribution is 0.0947. The molecule has 3 aromatic carbocycles. The van der Waals surface area contributed by atoms with Crippen LogP contribution in [0.5, 0.6) is 5.75 Å². The molecule has 37 heavy (non-hydrogen) atoms. The minimum atomic E-state index is -0.0772. The van der Waals surface area contributed by atoms with Crippen molar-refractivity contribution in [3.63, 3.8) is 0 Å². The fourth-order valence-electron chi connectivity index (χ4n) is 4.92. The fourth-order valence-corrected chi connectivity index (χ4v) is 4.92. The van der Waals surface area contributed by atoms with E-state index >= 15 is 0 Å². The average molecular weight is 497 g/mol. The van der Waals surface area contributed by atoms with E-state index in [1.165, 1.54) is 5.56 Å². The van der Waals surface area contributed by atoms with E-state index in [-0.39, 0.29) is 11.7 Å². The van der Waals surface area contributed by atoms with E-state index in [1.54, 1.807) is 19.2 Å². The first-order chi connectivity index (χ1) is 17.9. The molecule has 7 heteroatoms. The average Bonchev–Trinajstić information content (AvgIpc) is 3.46. The molecule has 0 saturated carbocycles. The second-order valence-electron chi connectivity index (χ2n) is 9.74. The van der Waals surface area contributed by atoms with E-state index in [0.29, 0.717) is 18.7 Å². The monoisotopic (exact) mass is 496 g/mol. The van der Waals surface area contributed by atoms with Crippen LogP contribution in [0.4, 0.5) is 0 Å². The molecule has 0 spiro atoms. The molecule has 4 aromatic rings. The Labute approximate surface area is 217 Å². The van der Waals surface area contributed by atoms with E-state index in [1.807, 2.05) is 32.3 Å². The number of hydrogen-bond donors (Lipinski definition) is 3. The Morgan fingerprint density at radius 1 is 1.05 bits per heavy atom. The number of benzene rings is 3. The number of nitrogens with zero attached hydrogens (tertiary/aromatic N) is 2. The van der Waals surface area contributed by atoms with E-state index < -0.39 is 0 Å². The third-order valence-corrected chi connectivity index (χ3v) is 6.80. The van der Waals surface area contributed by atoms with Gasteiger partial charge in [-0.25, -0.2) is 0 Å². The quantitative estimate of drug-likeness (QED) is 0.254. The fraction of sp³-hybridized carbons (Fsp3) is 0.267. The number of methoxy groups -OCH3 is 1. The highest BCUT2D eigenvalue weighted by Crippen LogP contribution is 2.41. The van der Waals surface area contributed by atoms with Gasteiger partial charge in [0.2, 0.25) is 0 Å². The molecular weight excluding hydrogens is 464 g/mol. The summed E-state index contributed by atoms with van der Waals surface area (Å²) in [5, 5.41) is 20.5. The number of hydrogen-bond acceptors (Lipinski definition) is 5. The summed E-state index contributed by atoms with van der Waals surface area (Å²) >= 11 is 0. The van der Waals surface area contributed by atoms with Crippen LogP contribution in [0.2, 0.25) is 0 Å². The Kier molecular flexibility index (Phi) is 7.08. The second kappa shape index (κ2) is 10.6. The predicted molar refractivity (Wildman–Crippen MR) is 146 cm³/mol. The second-order valence-corrected chi connectivity index (χ2v) is 9.74. The van der Waals surface area contributed by atoms with Crippen LogP contribution in [-0.2, 0) is 17.8 Å². The molecular formula is C30H32N4O3. The number of fused-ring (bicyclic) bond motifs is 3. The highest BCUT2D eigenvalue weighted by Gasteiger charge is 2.27. The number of carbonyl (C=O) groups excluding carboxylic acids is 1. The van der Waals surface area contributed by atoms with Crippen molar-refractivity contribution >= 4 is 5.91 Å². The third-order valence-electron chi connectivity index (χ3n) is 6.80. The lowest BCUT2D eigenvalue weighted by atomic mass is 9.99. The summed E-state index contributed by atoms with van der Waals surface area (Å²) in [6, 6.07) is 19.6. The number of aromatic hydroxyl groups is 1. The first-order valence-corrected chi connectivity index (χ1v) is 12.5. The molecule has 1 amide bonds. The van der Waals surface area contributed by atoms with Crippen LogP contribution in [-0.4, -0.2) is 60.4 Å². The van der Waals surface area contributed by atoms with Gasteiger partial charge >= 0.3 is 0 Å². The predicted octanol–water partition coefficient (Wildman–Crippen LogP) is 4.85. The summed E-state index contributed by atoms with van der Waals surface area (Å²) in [6.45, 7) is 1.93. The van der Waals surface area contributed by atoms with Gasteiger partial charge in [-0.15, -0.1) is 0 Å². The van der Waals surface area contributed by atoms with Crippen LogP contribution in [0, 0.1) is 0 Å². The number of amides is 1. The normalized spacial score (nSPS) is 12.0. The summed E-state index contributed by atoms with van der Waals surface area (Å²) in [5.41, 5.74) is 9.91. The number of aromatic nitrogens is 2. The maximum Gasteiger partial charge on any atom is 0.251 e. The van der Waals surface area contributed by atoms with Crippen LogP contribution in [0.1, 0.15) is 33.5 Å². The number of rotatable bonds is 9. The van der Waals surface area contributed by atoms with Crippen molar-refractivity contribution in [1.82, 2.24) is 20.4 Å². The Morgan fingerprint density at radius 3 is 2.41 bits per heavy atom. The number of phenolic OH excluding ortho intramolecular Hbond substituents is 1. The van der Waals surface area contributed by atoms with Gasteiger partial charge in [-0.3, -0.25) is 9.89 Å². The largest absolute Gasteiger partial charge is 0.508 e. The molecule has 0 atom stereocenters. The highest BCUT2D eigenvalue weighted by molar-refractivity contribution is 5.98. The first kappa shape index (κ1) is 24.7. The van der Waals surface area contributed by atoms with E-state index in [4.69, 9.17) is 4.74 Å². The van der Waals surface area contributed by atoms with Gasteiger partial charge in [0.1, 0.15) is 5.75 Å². The molecule has 0 aliphatic heterocycles. The van der Waals surface area contributed by atoms with Crippen molar-refractivity contribution in [3.05, 3.63) is 82.9 Å². The van der Waals surface area contributed by atoms with E-state index in [9.17, 15) is 9.90 Å². The minimum absolute atomic E-state index is 0.0772. The van der Waals surface area contributed by atoms with Crippen LogP contribution in [0.25, 0.3) is 33.6 Å². The molecule has 1 aliphatic rings. The number of H-pyrrole nitrogens is 1. The van der Waals surface area contributed by atoms with Crippen molar-refractivity contribution < 1.29 is 14.6 Å². The zero-order valence-electron chi connectivity index (χ0n) is 21.5. The summed E-state index contributed by atoms with van der Waals surface area (Å²) in [6.07, 6.45) is 1.64. The Balaban J connectivity index is 1.40. The summed E-state index contributed by atoms with van der Waals surface area (Å²) in [7, 11) is 5.71. The topological polar surface area (TPSA) is 90.5 Å². The van der Waals surface area contributed by atoms with Gasteiger partial charge in [-0.2, -0.15) is 5.10 Å². The third kappa shape index (κ3) is 5.14. The van der Waals surface area contributed by atoms with Gasteiger partial charge in [-0.1, -0.05) is 42.5 Å². The van der Waals surface area contributed by atoms with E-state index in [2.05, 4.69) is 50.7 Å². The molecule has 5 rings (SSSR count). The number of nitrogens with one attached hydrogen (secondary N) is 2. The van der Waals surface area contributed by atoms with Gasteiger partial charge in [0.15, 0.2) is 0 Å². The molecule has 0 saturated heterocycles. The van der Waals surface area contributed by atoms with Crippen molar-refractivity contribution in [2.45, 2.75) is 19.4 Å². The summed E-state index contributed by atoms with van der Waals surface area (Å²) in [4.78, 5) is 15.2. The first-order valence-electron chi connectivity index (χ1n) is 12.5. The van der Waals surface area contributed by atoms with Crippen LogP contribution in [0.3, 0.4) is 0 Å². The number of carbonyl (C=O) groups is 1. The molecule has 0 radical (unpaired) electrons. The van der Waals surface area contributed by atoms with Crippen LogP contribution >= 0.6 is 0 Å². The lowest BCUT2D eigenvalue weighted by Crippen LogP contribution is -2.28. The molecule has 0 unspecified atom stereocenters. The molecule has 1 aromatic heterocycles. The molecule has 1 aliphatic carbocycles. The van der Waals surface area contributed by atoms with Gasteiger partial charge < -0.3 is 20.1 Å². The van der Waals surface area contributed by atoms with Gasteiger partial charge in [0.05, 0.1) is 18.0 Å².